The Morgan fingerprint density at radius 2 is 1.62 bits per heavy atom. The molecule has 0 bridgehead atoms. The summed E-state index contributed by atoms with van der Waals surface area (Å²) >= 11 is 0. The third-order valence-electron chi connectivity index (χ3n) is 5.37. The number of carbonyl (C=O) groups excluding carboxylic acids is 1. The lowest BCUT2D eigenvalue weighted by atomic mass is 9.96. The minimum absolute atomic E-state index is 0.0358. The summed E-state index contributed by atoms with van der Waals surface area (Å²) in [5, 5.41) is 0. The number of piperidine rings is 1. The van der Waals surface area contributed by atoms with Crippen LogP contribution in [0.4, 0.5) is 5.69 Å². The predicted octanol–water partition coefficient (Wildman–Crippen LogP) is 1.79. The largest absolute Gasteiger partial charge is 0.368 e. The summed E-state index contributed by atoms with van der Waals surface area (Å²) in [6.07, 6.45) is 1.91. The van der Waals surface area contributed by atoms with Crippen LogP contribution < -0.4 is 4.90 Å². The summed E-state index contributed by atoms with van der Waals surface area (Å²) in [6, 6.07) is 10.3. The van der Waals surface area contributed by atoms with E-state index in [4.69, 9.17) is 0 Å². The van der Waals surface area contributed by atoms with E-state index in [9.17, 15) is 13.2 Å². The molecule has 2 aliphatic heterocycles. The van der Waals surface area contributed by atoms with Crippen LogP contribution in [0.25, 0.3) is 0 Å². The van der Waals surface area contributed by atoms with E-state index in [1.165, 1.54) is 5.69 Å². The van der Waals surface area contributed by atoms with Crippen LogP contribution in [0.5, 0.6) is 0 Å². The van der Waals surface area contributed by atoms with Crippen molar-refractivity contribution in [2.75, 3.05) is 49.9 Å². The molecule has 0 atom stereocenters. The van der Waals surface area contributed by atoms with Crippen molar-refractivity contribution in [2.24, 2.45) is 5.92 Å². The van der Waals surface area contributed by atoms with Crippen LogP contribution in [0.2, 0.25) is 0 Å². The van der Waals surface area contributed by atoms with E-state index in [0.717, 1.165) is 26.2 Å². The van der Waals surface area contributed by atoms with E-state index in [-0.39, 0.29) is 17.6 Å². The Balaban J connectivity index is 1.49. The average molecular weight is 380 g/mol. The van der Waals surface area contributed by atoms with Gasteiger partial charge in [0.25, 0.3) is 0 Å². The highest BCUT2D eigenvalue weighted by molar-refractivity contribution is 7.89. The number of benzene rings is 1. The molecule has 1 aromatic carbocycles. The molecule has 3 rings (SSSR count). The first-order valence-electron chi connectivity index (χ1n) is 9.58. The first-order chi connectivity index (χ1) is 12.5. The second kappa shape index (κ2) is 8.39. The van der Waals surface area contributed by atoms with E-state index in [1.54, 1.807) is 4.31 Å². The molecular weight excluding hydrogens is 350 g/mol. The minimum Gasteiger partial charge on any atom is -0.368 e. The van der Waals surface area contributed by atoms with Crippen LogP contribution in [-0.2, 0) is 14.8 Å². The standard InChI is InChI=1S/C19H29N3O3S/c1-2-16-26(24,25)22-10-8-17(9-11-22)19(23)21-14-12-20(13-15-21)18-6-4-3-5-7-18/h3-7,17H,2,8-16H2,1H3. The highest BCUT2D eigenvalue weighted by Gasteiger charge is 2.33. The first-order valence-corrected chi connectivity index (χ1v) is 11.2. The summed E-state index contributed by atoms with van der Waals surface area (Å²) in [5.41, 5.74) is 1.20. The maximum absolute atomic E-state index is 12.8. The number of rotatable bonds is 5. The molecule has 2 heterocycles. The van der Waals surface area contributed by atoms with Crippen LogP contribution in [0.15, 0.2) is 30.3 Å². The van der Waals surface area contributed by atoms with E-state index >= 15 is 0 Å². The molecule has 1 amide bonds. The Morgan fingerprint density at radius 3 is 2.19 bits per heavy atom. The monoisotopic (exact) mass is 379 g/mol. The molecule has 6 nitrogen and oxygen atoms in total. The summed E-state index contributed by atoms with van der Waals surface area (Å²) in [4.78, 5) is 17.1. The Bertz CT molecular complexity index is 692. The molecule has 0 aliphatic carbocycles. The fourth-order valence-corrected chi connectivity index (χ4v) is 5.39. The van der Waals surface area contributed by atoms with Gasteiger partial charge in [0.2, 0.25) is 15.9 Å². The first kappa shape index (κ1) is 19.2. The number of piperazine rings is 1. The molecule has 0 unspecified atom stereocenters. The van der Waals surface area contributed by atoms with Gasteiger partial charge in [0.05, 0.1) is 5.75 Å². The van der Waals surface area contributed by atoms with Gasteiger partial charge in [-0.1, -0.05) is 25.1 Å². The Labute approximate surface area is 156 Å². The lowest BCUT2D eigenvalue weighted by Crippen LogP contribution is -2.52. The molecule has 26 heavy (non-hydrogen) atoms. The summed E-state index contributed by atoms with van der Waals surface area (Å²) in [5.74, 6) is 0.365. The summed E-state index contributed by atoms with van der Waals surface area (Å²) in [6.45, 7) is 6.00. The summed E-state index contributed by atoms with van der Waals surface area (Å²) in [7, 11) is -3.14. The van der Waals surface area contributed by atoms with Gasteiger partial charge in [0.15, 0.2) is 0 Å². The fourth-order valence-electron chi connectivity index (χ4n) is 3.85. The number of sulfonamides is 1. The third kappa shape index (κ3) is 4.38. The highest BCUT2D eigenvalue weighted by Crippen LogP contribution is 2.23. The molecule has 0 aromatic heterocycles. The van der Waals surface area contributed by atoms with E-state index in [0.29, 0.717) is 32.4 Å². The lowest BCUT2D eigenvalue weighted by molar-refractivity contribution is -0.137. The van der Waals surface area contributed by atoms with Crippen LogP contribution in [0.1, 0.15) is 26.2 Å². The quantitative estimate of drug-likeness (QED) is 0.783. The SMILES string of the molecule is CCCS(=O)(=O)N1CCC(C(=O)N2CCN(c3ccccc3)CC2)CC1. The Hall–Kier alpha value is -1.60. The second-order valence-electron chi connectivity index (χ2n) is 7.14. The zero-order chi connectivity index (χ0) is 18.6. The Morgan fingerprint density at radius 1 is 1.00 bits per heavy atom. The highest BCUT2D eigenvalue weighted by atomic mass is 32.2. The van der Waals surface area contributed by atoms with Crippen LogP contribution in [0, 0.1) is 5.92 Å². The maximum Gasteiger partial charge on any atom is 0.225 e. The molecule has 1 aromatic rings. The number of carbonyl (C=O) groups is 1. The van der Waals surface area contributed by atoms with Crippen molar-refractivity contribution in [3.05, 3.63) is 30.3 Å². The predicted molar refractivity (Wildman–Crippen MR) is 104 cm³/mol. The average Bonchev–Trinajstić information content (AvgIpc) is 2.68. The van der Waals surface area contributed by atoms with Crippen molar-refractivity contribution in [1.29, 1.82) is 0 Å². The number of nitrogens with zero attached hydrogens (tertiary/aromatic N) is 3. The molecule has 0 saturated carbocycles. The number of para-hydroxylation sites is 1. The maximum atomic E-state index is 12.8. The van der Waals surface area contributed by atoms with Crippen LogP contribution in [-0.4, -0.2) is 68.6 Å². The van der Waals surface area contributed by atoms with Crippen molar-refractivity contribution >= 4 is 21.6 Å². The zero-order valence-electron chi connectivity index (χ0n) is 15.5. The molecule has 2 fully saturated rings. The van der Waals surface area contributed by atoms with Crippen molar-refractivity contribution in [1.82, 2.24) is 9.21 Å². The van der Waals surface area contributed by atoms with Crippen LogP contribution >= 0.6 is 0 Å². The van der Waals surface area contributed by atoms with E-state index in [1.807, 2.05) is 30.0 Å². The van der Waals surface area contributed by atoms with Gasteiger partial charge in [-0.05, 0) is 31.4 Å². The topological polar surface area (TPSA) is 60.9 Å². The Kier molecular flexibility index (Phi) is 6.19. The molecule has 2 saturated heterocycles. The molecular formula is C19H29N3O3S. The van der Waals surface area contributed by atoms with Crippen molar-refractivity contribution in [3.8, 4) is 0 Å². The van der Waals surface area contributed by atoms with Gasteiger partial charge in [0.1, 0.15) is 0 Å². The lowest BCUT2D eigenvalue weighted by Gasteiger charge is -2.39. The number of hydrogen-bond donors (Lipinski definition) is 0. The van der Waals surface area contributed by atoms with E-state index in [2.05, 4.69) is 17.0 Å². The van der Waals surface area contributed by atoms with Gasteiger partial charge in [0, 0.05) is 50.9 Å². The fraction of sp³-hybridized carbons (Fsp3) is 0.632. The molecule has 7 heteroatoms. The number of anilines is 1. The van der Waals surface area contributed by atoms with E-state index < -0.39 is 10.0 Å². The molecule has 0 radical (unpaired) electrons. The van der Waals surface area contributed by atoms with Gasteiger partial charge >= 0.3 is 0 Å². The van der Waals surface area contributed by atoms with Gasteiger partial charge in [-0.15, -0.1) is 0 Å². The van der Waals surface area contributed by atoms with Gasteiger partial charge in [-0.2, -0.15) is 0 Å². The smallest absolute Gasteiger partial charge is 0.225 e. The molecule has 2 aliphatic rings. The summed E-state index contributed by atoms with van der Waals surface area (Å²) < 4.78 is 25.9. The molecule has 144 valence electrons. The minimum atomic E-state index is -3.14. The number of hydrogen-bond acceptors (Lipinski definition) is 4. The van der Waals surface area contributed by atoms with Crippen molar-refractivity contribution < 1.29 is 13.2 Å². The zero-order valence-corrected chi connectivity index (χ0v) is 16.3. The molecule has 0 N–H and O–H groups in total. The van der Waals surface area contributed by atoms with Gasteiger partial charge < -0.3 is 9.80 Å². The van der Waals surface area contributed by atoms with Crippen molar-refractivity contribution in [3.63, 3.8) is 0 Å². The van der Waals surface area contributed by atoms with Gasteiger partial charge in [-0.25, -0.2) is 12.7 Å². The van der Waals surface area contributed by atoms with Crippen molar-refractivity contribution in [2.45, 2.75) is 26.2 Å². The molecule has 0 spiro atoms. The number of amides is 1. The van der Waals surface area contributed by atoms with Crippen LogP contribution in [0.3, 0.4) is 0 Å². The van der Waals surface area contributed by atoms with Gasteiger partial charge in [-0.3, -0.25) is 4.79 Å². The second-order valence-corrected chi connectivity index (χ2v) is 9.23. The third-order valence-corrected chi connectivity index (χ3v) is 7.45. The normalized spacial score (nSPS) is 20.3.